The molecular weight excluding hydrogens is 488 g/mol. The smallest absolute Gasteiger partial charge is 0.243 e. The molecule has 156 valence electrons. The van der Waals surface area contributed by atoms with E-state index in [0.717, 1.165) is 11.1 Å². The van der Waals surface area contributed by atoms with Crippen molar-refractivity contribution in [1.29, 1.82) is 0 Å². The third-order valence-electron chi connectivity index (χ3n) is 4.53. The average molecular weight is 508 g/mol. The molecule has 0 saturated heterocycles. The molecule has 3 rings (SSSR count). The van der Waals surface area contributed by atoms with Crippen LogP contribution < -0.4 is 5.32 Å². The van der Waals surface area contributed by atoms with Gasteiger partial charge in [-0.15, -0.1) is 0 Å². The van der Waals surface area contributed by atoms with Gasteiger partial charge >= 0.3 is 0 Å². The van der Waals surface area contributed by atoms with E-state index in [1.807, 2.05) is 37.3 Å². The molecule has 0 unspecified atom stereocenters. The van der Waals surface area contributed by atoms with Gasteiger partial charge in [0.2, 0.25) is 15.9 Å². The van der Waals surface area contributed by atoms with Gasteiger partial charge in [0, 0.05) is 16.0 Å². The first-order chi connectivity index (χ1) is 14.3. The van der Waals surface area contributed by atoms with Crippen molar-refractivity contribution < 1.29 is 13.2 Å². The lowest BCUT2D eigenvalue weighted by atomic mass is 10.1. The molecule has 0 bridgehead atoms. The Labute approximate surface area is 189 Å². The van der Waals surface area contributed by atoms with E-state index >= 15 is 0 Å². The number of nitrogens with one attached hydrogen (secondary N) is 1. The number of benzene rings is 3. The summed E-state index contributed by atoms with van der Waals surface area (Å²) in [6.07, 6.45) is 0. The minimum absolute atomic E-state index is 0.0704. The van der Waals surface area contributed by atoms with Gasteiger partial charge in [0.05, 0.1) is 17.1 Å². The molecule has 5 nitrogen and oxygen atoms in total. The summed E-state index contributed by atoms with van der Waals surface area (Å²) in [5.74, 6) is -0.437. The summed E-state index contributed by atoms with van der Waals surface area (Å²) in [7, 11) is -3.93. The van der Waals surface area contributed by atoms with Crippen LogP contribution in [0.3, 0.4) is 0 Å². The van der Waals surface area contributed by atoms with Gasteiger partial charge in [-0.25, -0.2) is 8.42 Å². The number of carbonyl (C=O) groups excluding carboxylic acids is 1. The van der Waals surface area contributed by atoms with Crippen molar-refractivity contribution in [3.8, 4) is 0 Å². The number of hydrogen-bond acceptors (Lipinski definition) is 3. The van der Waals surface area contributed by atoms with E-state index in [4.69, 9.17) is 11.6 Å². The minimum Gasteiger partial charge on any atom is -0.324 e. The van der Waals surface area contributed by atoms with Crippen LogP contribution in [0.5, 0.6) is 0 Å². The first-order valence-electron chi connectivity index (χ1n) is 9.12. The molecule has 1 N–H and O–H groups in total. The second kappa shape index (κ2) is 9.75. The predicted octanol–water partition coefficient (Wildman–Crippen LogP) is 5.24. The van der Waals surface area contributed by atoms with Crippen LogP contribution in [-0.2, 0) is 21.4 Å². The number of aryl methyl sites for hydroxylation is 1. The normalized spacial score (nSPS) is 11.5. The minimum atomic E-state index is -3.93. The standard InChI is InChI=1S/C22H20BrClN2O3S/c1-16-6-2-3-7-17(16)14-26(30(28,29)19-12-10-18(24)11-13-19)15-22(27)25-21-9-5-4-8-20(21)23/h2-13H,14-15H2,1H3,(H,25,27). The highest BCUT2D eigenvalue weighted by Gasteiger charge is 2.27. The third-order valence-corrected chi connectivity index (χ3v) is 7.28. The average Bonchev–Trinajstić information content (AvgIpc) is 2.71. The predicted molar refractivity (Wildman–Crippen MR) is 123 cm³/mol. The lowest BCUT2D eigenvalue weighted by molar-refractivity contribution is -0.116. The van der Waals surface area contributed by atoms with Crippen molar-refractivity contribution in [2.45, 2.75) is 18.4 Å². The topological polar surface area (TPSA) is 66.5 Å². The number of amides is 1. The second-order valence-electron chi connectivity index (χ2n) is 6.68. The number of hydrogen-bond donors (Lipinski definition) is 1. The van der Waals surface area contributed by atoms with Gasteiger partial charge in [-0.1, -0.05) is 48.0 Å². The molecule has 0 aliphatic heterocycles. The van der Waals surface area contributed by atoms with Gasteiger partial charge in [0.1, 0.15) is 0 Å². The fourth-order valence-corrected chi connectivity index (χ4v) is 4.76. The summed E-state index contributed by atoms with van der Waals surface area (Å²) in [5, 5.41) is 3.20. The highest BCUT2D eigenvalue weighted by molar-refractivity contribution is 9.10. The Morgan fingerprint density at radius 3 is 2.30 bits per heavy atom. The zero-order chi connectivity index (χ0) is 21.7. The van der Waals surface area contributed by atoms with E-state index in [1.54, 1.807) is 18.2 Å². The zero-order valence-corrected chi connectivity index (χ0v) is 19.3. The molecule has 8 heteroatoms. The van der Waals surface area contributed by atoms with Crippen LogP contribution >= 0.6 is 27.5 Å². The highest BCUT2D eigenvalue weighted by atomic mass is 79.9. The van der Waals surface area contributed by atoms with E-state index in [0.29, 0.717) is 15.2 Å². The molecule has 0 saturated carbocycles. The Morgan fingerprint density at radius 2 is 1.63 bits per heavy atom. The Hall–Kier alpha value is -2.19. The summed E-state index contributed by atoms with van der Waals surface area (Å²) in [6, 6.07) is 20.5. The molecule has 0 heterocycles. The fourth-order valence-electron chi connectivity index (χ4n) is 2.87. The number of rotatable bonds is 7. The molecule has 3 aromatic carbocycles. The third kappa shape index (κ3) is 5.49. The lowest BCUT2D eigenvalue weighted by Gasteiger charge is -2.23. The van der Waals surface area contributed by atoms with E-state index in [2.05, 4.69) is 21.2 Å². The maximum atomic E-state index is 13.3. The Kier molecular flexibility index (Phi) is 7.31. The van der Waals surface area contributed by atoms with E-state index in [9.17, 15) is 13.2 Å². The van der Waals surface area contributed by atoms with Crippen LogP contribution in [0.15, 0.2) is 82.2 Å². The molecule has 30 heavy (non-hydrogen) atoms. The fraction of sp³-hybridized carbons (Fsp3) is 0.136. The van der Waals surface area contributed by atoms with Gasteiger partial charge in [-0.2, -0.15) is 4.31 Å². The maximum absolute atomic E-state index is 13.3. The molecule has 1 amide bonds. The highest BCUT2D eigenvalue weighted by Crippen LogP contribution is 2.23. The molecule has 0 spiro atoms. The van der Waals surface area contributed by atoms with E-state index < -0.39 is 15.9 Å². The molecule has 0 aliphatic rings. The summed E-state index contributed by atoms with van der Waals surface area (Å²) in [4.78, 5) is 12.8. The molecule has 0 aliphatic carbocycles. The first kappa shape index (κ1) is 22.5. The number of para-hydroxylation sites is 1. The summed E-state index contributed by atoms with van der Waals surface area (Å²) < 4.78 is 28.5. The van der Waals surface area contributed by atoms with Gasteiger partial charge in [0.25, 0.3) is 0 Å². The SMILES string of the molecule is Cc1ccccc1CN(CC(=O)Nc1ccccc1Br)S(=O)(=O)c1ccc(Cl)cc1. The number of anilines is 1. The van der Waals surface area contributed by atoms with Crippen molar-refractivity contribution >= 4 is 49.1 Å². The van der Waals surface area contributed by atoms with Crippen molar-refractivity contribution in [3.05, 3.63) is 93.4 Å². The quantitative estimate of drug-likeness (QED) is 0.475. The Morgan fingerprint density at radius 1 is 1.00 bits per heavy atom. The van der Waals surface area contributed by atoms with Crippen molar-refractivity contribution in [2.24, 2.45) is 0 Å². The largest absolute Gasteiger partial charge is 0.324 e. The van der Waals surface area contributed by atoms with Gasteiger partial charge < -0.3 is 5.32 Å². The molecule has 3 aromatic rings. The van der Waals surface area contributed by atoms with Gasteiger partial charge in [0.15, 0.2) is 0 Å². The molecule has 0 fully saturated rings. The molecule has 0 radical (unpaired) electrons. The molecule has 0 atom stereocenters. The summed E-state index contributed by atoms with van der Waals surface area (Å²) in [6.45, 7) is 1.64. The number of halogens is 2. The van der Waals surface area contributed by atoms with Crippen LogP contribution in [0.2, 0.25) is 5.02 Å². The van der Waals surface area contributed by atoms with Crippen molar-refractivity contribution in [2.75, 3.05) is 11.9 Å². The zero-order valence-electron chi connectivity index (χ0n) is 16.2. The lowest BCUT2D eigenvalue weighted by Crippen LogP contribution is -2.37. The molecule has 0 aromatic heterocycles. The summed E-state index contributed by atoms with van der Waals surface area (Å²) in [5.41, 5.74) is 2.34. The van der Waals surface area contributed by atoms with Crippen molar-refractivity contribution in [3.63, 3.8) is 0 Å². The number of nitrogens with zero attached hydrogens (tertiary/aromatic N) is 1. The van der Waals surface area contributed by atoms with Gasteiger partial charge in [-0.05, 0) is 70.4 Å². The van der Waals surface area contributed by atoms with E-state index in [1.165, 1.54) is 28.6 Å². The van der Waals surface area contributed by atoms with Crippen molar-refractivity contribution in [1.82, 2.24) is 4.31 Å². The monoisotopic (exact) mass is 506 g/mol. The summed E-state index contributed by atoms with van der Waals surface area (Å²) >= 11 is 9.28. The van der Waals surface area contributed by atoms with Crippen LogP contribution in [-0.4, -0.2) is 25.2 Å². The van der Waals surface area contributed by atoms with Crippen LogP contribution in [0.25, 0.3) is 0 Å². The Bertz CT molecular complexity index is 1150. The number of carbonyl (C=O) groups is 1. The van der Waals surface area contributed by atoms with Gasteiger partial charge in [-0.3, -0.25) is 4.79 Å². The first-order valence-corrected chi connectivity index (χ1v) is 11.7. The Balaban J connectivity index is 1.91. The van der Waals surface area contributed by atoms with Crippen LogP contribution in [0, 0.1) is 6.92 Å². The number of sulfonamides is 1. The second-order valence-corrected chi connectivity index (χ2v) is 9.91. The van der Waals surface area contributed by atoms with E-state index in [-0.39, 0.29) is 18.0 Å². The molecular formula is C22H20BrClN2O3S. The van der Waals surface area contributed by atoms with Crippen LogP contribution in [0.4, 0.5) is 5.69 Å². The van der Waals surface area contributed by atoms with Crippen LogP contribution in [0.1, 0.15) is 11.1 Å². The maximum Gasteiger partial charge on any atom is 0.243 e.